The number of carbonyl (C=O) groups excluding carboxylic acids is 1. The Morgan fingerprint density at radius 3 is 2.74 bits per heavy atom. The van der Waals surface area contributed by atoms with Crippen molar-refractivity contribution in [2.75, 3.05) is 0 Å². The van der Waals surface area contributed by atoms with E-state index in [-0.39, 0.29) is 5.91 Å². The van der Waals surface area contributed by atoms with Crippen molar-refractivity contribution in [3.63, 3.8) is 0 Å². The third-order valence-electron chi connectivity index (χ3n) is 2.85. The summed E-state index contributed by atoms with van der Waals surface area (Å²) in [6.07, 6.45) is 3.79. The Bertz CT molecular complexity index is 671. The molecule has 4 heteroatoms. The quantitative estimate of drug-likeness (QED) is 0.728. The van der Waals surface area contributed by atoms with Crippen LogP contribution in [0.1, 0.15) is 9.67 Å². The van der Waals surface area contributed by atoms with Crippen molar-refractivity contribution >= 4 is 17.2 Å². The summed E-state index contributed by atoms with van der Waals surface area (Å²) >= 11 is 1.60. The van der Waals surface area contributed by atoms with E-state index in [4.69, 9.17) is 0 Å². The Hall–Kier alpha value is -2.20. The van der Waals surface area contributed by atoms with Crippen LogP contribution in [0.3, 0.4) is 0 Å². The first-order valence-electron chi connectivity index (χ1n) is 5.99. The third kappa shape index (κ3) is 2.48. The molecular weight excluding hydrogens is 256 g/mol. The van der Waals surface area contributed by atoms with Crippen LogP contribution < -0.4 is 0 Å². The van der Waals surface area contributed by atoms with Crippen LogP contribution in [-0.2, 0) is 6.42 Å². The second kappa shape index (κ2) is 5.20. The number of carbonyl (C=O) groups is 1. The van der Waals surface area contributed by atoms with Crippen LogP contribution in [0.5, 0.6) is 0 Å². The normalized spacial score (nSPS) is 10.5. The van der Waals surface area contributed by atoms with Crippen molar-refractivity contribution in [1.82, 2.24) is 9.55 Å². The fourth-order valence-electron chi connectivity index (χ4n) is 1.95. The van der Waals surface area contributed by atoms with E-state index in [1.165, 1.54) is 0 Å². The van der Waals surface area contributed by atoms with Gasteiger partial charge in [-0.25, -0.2) is 4.98 Å². The van der Waals surface area contributed by atoms with Crippen LogP contribution in [0.2, 0.25) is 0 Å². The molecule has 0 saturated heterocycles. The van der Waals surface area contributed by atoms with Crippen molar-refractivity contribution in [2.45, 2.75) is 6.42 Å². The van der Waals surface area contributed by atoms with Crippen molar-refractivity contribution in [3.05, 3.63) is 65.1 Å². The Kier molecular flexibility index (Phi) is 3.25. The summed E-state index contributed by atoms with van der Waals surface area (Å²) in [5.74, 6) is 0.737. The van der Waals surface area contributed by atoms with Crippen LogP contribution in [0, 0.1) is 0 Å². The average Bonchev–Trinajstić information content (AvgIpc) is 3.10. The van der Waals surface area contributed by atoms with Crippen LogP contribution in [-0.4, -0.2) is 15.5 Å². The van der Waals surface area contributed by atoms with Gasteiger partial charge in [0.2, 0.25) is 5.91 Å². The highest BCUT2D eigenvalue weighted by Crippen LogP contribution is 2.18. The van der Waals surface area contributed by atoms with Gasteiger partial charge in [0.15, 0.2) is 0 Å². The van der Waals surface area contributed by atoms with Crippen LogP contribution in [0.15, 0.2) is 60.2 Å². The lowest BCUT2D eigenvalue weighted by atomic mass is 10.2. The molecule has 1 aromatic carbocycles. The van der Waals surface area contributed by atoms with Crippen LogP contribution in [0.25, 0.3) is 11.4 Å². The minimum absolute atomic E-state index is 0.0406. The lowest BCUT2D eigenvalue weighted by molar-refractivity contribution is 0.0917. The number of thiophene rings is 1. The topological polar surface area (TPSA) is 34.9 Å². The predicted octanol–water partition coefficient (Wildman–Crippen LogP) is 3.49. The van der Waals surface area contributed by atoms with E-state index in [2.05, 4.69) is 4.98 Å². The third-order valence-corrected chi connectivity index (χ3v) is 3.72. The minimum Gasteiger partial charge on any atom is -0.274 e. The summed E-state index contributed by atoms with van der Waals surface area (Å²) in [7, 11) is 0. The molecule has 0 aliphatic rings. The summed E-state index contributed by atoms with van der Waals surface area (Å²) in [6, 6.07) is 13.7. The molecule has 0 aliphatic carbocycles. The second-order valence-electron chi connectivity index (χ2n) is 4.14. The molecule has 3 rings (SSSR count). The van der Waals surface area contributed by atoms with E-state index < -0.39 is 0 Å². The summed E-state index contributed by atoms with van der Waals surface area (Å²) in [5.41, 5.74) is 0.951. The zero-order valence-corrected chi connectivity index (χ0v) is 11.0. The number of rotatable bonds is 3. The standard InChI is InChI=1S/C15H12N2OS/c18-14(11-13-7-4-10-19-13)17-9-8-16-15(17)12-5-2-1-3-6-12/h1-10H,11H2. The van der Waals surface area contributed by atoms with E-state index in [9.17, 15) is 4.79 Å². The molecule has 2 aromatic heterocycles. The molecule has 0 unspecified atom stereocenters. The van der Waals surface area contributed by atoms with Gasteiger partial charge in [-0.3, -0.25) is 9.36 Å². The van der Waals surface area contributed by atoms with Gasteiger partial charge >= 0.3 is 0 Å². The van der Waals surface area contributed by atoms with Crippen molar-refractivity contribution < 1.29 is 4.79 Å². The van der Waals surface area contributed by atoms with E-state index in [1.54, 1.807) is 28.3 Å². The van der Waals surface area contributed by atoms with Gasteiger partial charge in [0.05, 0.1) is 6.42 Å². The number of nitrogens with zero attached hydrogens (tertiary/aromatic N) is 2. The molecule has 19 heavy (non-hydrogen) atoms. The Morgan fingerprint density at radius 2 is 2.00 bits per heavy atom. The summed E-state index contributed by atoms with van der Waals surface area (Å²) < 4.78 is 1.62. The smallest absolute Gasteiger partial charge is 0.237 e. The number of hydrogen-bond donors (Lipinski definition) is 0. The Balaban J connectivity index is 1.90. The zero-order valence-electron chi connectivity index (χ0n) is 10.2. The van der Waals surface area contributed by atoms with Gasteiger partial charge in [0.1, 0.15) is 5.82 Å². The summed E-state index contributed by atoms with van der Waals surface area (Å²) in [5, 5.41) is 1.98. The molecule has 0 amide bonds. The van der Waals surface area contributed by atoms with Crippen molar-refractivity contribution in [3.8, 4) is 11.4 Å². The molecule has 0 radical (unpaired) electrons. The van der Waals surface area contributed by atoms with Gasteiger partial charge in [0.25, 0.3) is 0 Å². The highest BCUT2D eigenvalue weighted by molar-refractivity contribution is 7.10. The lowest BCUT2D eigenvalue weighted by Gasteiger charge is -2.05. The SMILES string of the molecule is O=C(Cc1cccs1)n1ccnc1-c1ccccc1. The minimum atomic E-state index is 0.0406. The van der Waals surface area contributed by atoms with Gasteiger partial charge in [0, 0.05) is 22.8 Å². The largest absolute Gasteiger partial charge is 0.274 e. The fourth-order valence-corrected chi connectivity index (χ4v) is 2.65. The summed E-state index contributed by atoms with van der Waals surface area (Å²) in [6.45, 7) is 0. The number of hydrogen-bond acceptors (Lipinski definition) is 3. The van der Waals surface area contributed by atoms with Gasteiger partial charge in [-0.2, -0.15) is 0 Å². The molecule has 0 aliphatic heterocycles. The van der Waals surface area contributed by atoms with Crippen molar-refractivity contribution in [1.29, 1.82) is 0 Å². The first kappa shape index (κ1) is 11.9. The molecule has 3 nitrogen and oxygen atoms in total. The molecule has 0 bridgehead atoms. The number of aromatic nitrogens is 2. The molecule has 0 fully saturated rings. The van der Waals surface area contributed by atoms with E-state index >= 15 is 0 Å². The lowest BCUT2D eigenvalue weighted by Crippen LogP contribution is -2.13. The van der Waals surface area contributed by atoms with Gasteiger partial charge in [-0.15, -0.1) is 11.3 Å². The predicted molar refractivity (Wildman–Crippen MR) is 76.3 cm³/mol. The molecule has 0 spiro atoms. The molecule has 0 saturated carbocycles. The molecule has 2 heterocycles. The molecular formula is C15H12N2OS. The fraction of sp³-hybridized carbons (Fsp3) is 0.0667. The van der Waals surface area contributed by atoms with Crippen LogP contribution in [0.4, 0.5) is 0 Å². The van der Waals surface area contributed by atoms with E-state index in [1.807, 2.05) is 47.8 Å². The van der Waals surface area contributed by atoms with Gasteiger partial charge in [-0.1, -0.05) is 36.4 Å². The van der Waals surface area contributed by atoms with E-state index in [0.717, 1.165) is 10.4 Å². The highest BCUT2D eigenvalue weighted by atomic mass is 32.1. The highest BCUT2D eigenvalue weighted by Gasteiger charge is 2.13. The molecule has 0 N–H and O–H groups in total. The number of benzene rings is 1. The molecule has 94 valence electrons. The Morgan fingerprint density at radius 1 is 1.16 bits per heavy atom. The average molecular weight is 268 g/mol. The molecule has 3 aromatic rings. The van der Waals surface area contributed by atoms with Gasteiger partial charge in [-0.05, 0) is 11.4 Å². The van der Waals surface area contributed by atoms with E-state index in [0.29, 0.717) is 12.2 Å². The van der Waals surface area contributed by atoms with Gasteiger partial charge < -0.3 is 0 Å². The first-order valence-corrected chi connectivity index (χ1v) is 6.87. The molecule has 0 atom stereocenters. The first-order chi connectivity index (χ1) is 9.34. The maximum atomic E-state index is 12.3. The monoisotopic (exact) mass is 268 g/mol. The maximum absolute atomic E-state index is 12.3. The van der Waals surface area contributed by atoms with Crippen LogP contribution >= 0.6 is 11.3 Å². The summed E-state index contributed by atoms with van der Waals surface area (Å²) in [4.78, 5) is 17.6. The number of imidazole rings is 1. The Labute approximate surface area is 115 Å². The second-order valence-corrected chi connectivity index (χ2v) is 5.17. The zero-order chi connectivity index (χ0) is 13.1. The van der Waals surface area contributed by atoms with Crippen molar-refractivity contribution in [2.24, 2.45) is 0 Å². The maximum Gasteiger partial charge on any atom is 0.237 e.